The number of nitrogens with one attached hydrogen (secondary N) is 1. The van der Waals surface area contributed by atoms with Gasteiger partial charge in [0, 0.05) is 24.3 Å². The summed E-state index contributed by atoms with van der Waals surface area (Å²) in [6, 6.07) is 15.4. The molecule has 1 unspecified atom stereocenters. The van der Waals surface area contributed by atoms with Crippen LogP contribution in [0.1, 0.15) is 36.7 Å². The number of benzene rings is 2. The van der Waals surface area contributed by atoms with Crippen molar-refractivity contribution in [3.63, 3.8) is 0 Å². The summed E-state index contributed by atoms with van der Waals surface area (Å²) in [7, 11) is 0. The number of nitrogens with zero attached hydrogens (tertiary/aromatic N) is 2. The van der Waals surface area contributed by atoms with E-state index in [-0.39, 0.29) is 11.8 Å². The van der Waals surface area contributed by atoms with E-state index in [1.807, 2.05) is 19.9 Å². The van der Waals surface area contributed by atoms with E-state index in [0.717, 1.165) is 0 Å². The second kappa shape index (κ2) is 9.39. The first-order valence-corrected chi connectivity index (χ1v) is 8.85. The molecule has 0 aliphatic carbocycles. The summed E-state index contributed by atoms with van der Waals surface area (Å²) < 4.78 is 5.60. The molecule has 2 aromatic carbocycles. The van der Waals surface area contributed by atoms with Crippen LogP contribution in [-0.2, 0) is 4.79 Å². The molecule has 0 bridgehead atoms. The normalized spacial score (nSPS) is 11.2. The molecule has 0 fully saturated rings. The maximum absolute atomic E-state index is 12.4. The Morgan fingerprint density at radius 1 is 1.15 bits per heavy atom. The number of ether oxygens (including phenoxy) is 1. The Labute approximate surface area is 159 Å². The quantitative estimate of drug-likeness (QED) is 0.815. The number of hydrogen-bond donors (Lipinski definition) is 1. The van der Waals surface area contributed by atoms with Crippen molar-refractivity contribution in [2.24, 2.45) is 0 Å². The van der Waals surface area contributed by atoms with E-state index in [9.17, 15) is 9.59 Å². The SMILES string of the molecule is CCN(CC)C(=O)c1cccc(NC(=O)C(C)Oc2ccc(C#N)cc2)c1. The molecule has 1 atom stereocenters. The summed E-state index contributed by atoms with van der Waals surface area (Å²) >= 11 is 0. The summed E-state index contributed by atoms with van der Waals surface area (Å²) in [5, 5.41) is 11.6. The van der Waals surface area contributed by atoms with Crippen LogP contribution in [0.3, 0.4) is 0 Å². The molecule has 0 saturated carbocycles. The number of nitriles is 1. The van der Waals surface area contributed by atoms with E-state index < -0.39 is 6.10 Å². The summed E-state index contributed by atoms with van der Waals surface area (Å²) in [6.07, 6.45) is -0.736. The molecular formula is C21H23N3O3. The number of amides is 2. The Morgan fingerprint density at radius 2 is 1.81 bits per heavy atom. The van der Waals surface area contributed by atoms with E-state index >= 15 is 0 Å². The molecule has 2 amide bonds. The highest BCUT2D eigenvalue weighted by atomic mass is 16.5. The zero-order chi connectivity index (χ0) is 19.8. The molecule has 27 heavy (non-hydrogen) atoms. The van der Waals surface area contributed by atoms with Crippen molar-refractivity contribution in [1.29, 1.82) is 5.26 Å². The van der Waals surface area contributed by atoms with Crippen LogP contribution in [0.4, 0.5) is 5.69 Å². The van der Waals surface area contributed by atoms with Gasteiger partial charge in [-0.15, -0.1) is 0 Å². The highest BCUT2D eigenvalue weighted by Gasteiger charge is 2.17. The van der Waals surface area contributed by atoms with Gasteiger partial charge in [0.05, 0.1) is 11.6 Å². The standard InChI is InChI=1S/C21H23N3O3/c1-4-24(5-2)21(26)17-7-6-8-18(13-17)23-20(25)15(3)27-19-11-9-16(14-22)10-12-19/h6-13,15H,4-5H2,1-3H3,(H,23,25). The first-order valence-electron chi connectivity index (χ1n) is 8.85. The molecule has 0 aromatic heterocycles. The molecule has 1 N–H and O–H groups in total. The van der Waals surface area contributed by atoms with Gasteiger partial charge in [-0.1, -0.05) is 6.07 Å². The van der Waals surface area contributed by atoms with E-state index in [2.05, 4.69) is 5.32 Å². The summed E-state index contributed by atoms with van der Waals surface area (Å²) in [5.41, 5.74) is 1.58. The monoisotopic (exact) mass is 365 g/mol. The minimum Gasteiger partial charge on any atom is -0.481 e. The molecule has 0 spiro atoms. The lowest BCUT2D eigenvalue weighted by Crippen LogP contribution is -2.31. The van der Waals surface area contributed by atoms with Gasteiger partial charge in [-0.2, -0.15) is 5.26 Å². The molecule has 6 nitrogen and oxygen atoms in total. The van der Waals surface area contributed by atoms with Crippen molar-refractivity contribution in [2.45, 2.75) is 26.9 Å². The van der Waals surface area contributed by atoms with Crippen molar-refractivity contribution >= 4 is 17.5 Å². The number of carbonyl (C=O) groups excluding carboxylic acids is 2. The molecule has 0 radical (unpaired) electrons. The van der Waals surface area contributed by atoms with Gasteiger partial charge in [0.25, 0.3) is 11.8 Å². The van der Waals surface area contributed by atoms with Crippen LogP contribution in [0.5, 0.6) is 5.75 Å². The fourth-order valence-corrected chi connectivity index (χ4v) is 2.53. The Morgan fingerprint density at radius 3 is 2.41 bits per heavy atom. The minimum absolute atomic E-state index is 0.0713. The summed E-state index contributed by atoms with van der Waals surface area (Å²) in [6.45, 7) is 6.74. The molecule has 0 saturated heterocycles. The van der Waals surface area contributed by atoms with Gasteiger partial charge < -0.3 is 15.0 Å². The second-order valence-electron chi connectivity index (χ2n) is 5.94. The summed E-state index contributed by atoms with van der Waals surface area (Å²) in [4.78, 5) is 26.5. The van der Waals surface area contributed by atoms with Gasteiger partial charge in [-0.25, -0.2) is 0 Å². The first-order chi connectivity index (χ1) is 13.0. The molecular weight excluding hydrogens is 342 g/mol. The molecule has 140 valence electrons. The first kappa shape index (κ1) is 20.0. The van der Waals surface area contributed by atoms with E-state index in [1.165, 1.54) is 0 Å². The van der Waals surface area contributed by atoms with Gasteiger partial charge >= 0.3 is 0 Å². The fourth-order valence-electron chi connectivity index (χ4n) is 2.53. The lowest BCUT2D eigenvalue weighted by molar-refractivity contribution is -0.122. The van der Waals surface area contributed by atoms with Crippen molar-refractivity contribution in [3.8, 4) is 11.8 Å². The molecule has 0 aliphatic rings. The average molecular weight is 365 g/mol. The number of rotatable bonds is 7. The third kappa shape index (κ3) is 5.32. The van der Waals surface area contributed by atoms with Crippen molar-refractivity contribution in [2.75, 3.05) is 18.4 Å². The highest BCUT2D eigenvalue weighted by Crippen LogP contribution is 2.16. The van der Waals surface area contributed by atoms with Gasteiger partial charge in [0.1, 0.15) is 5.75 Å². The third-order valence-corrected chi connectivity index (χ3v) is 4.09. The lowest BCUT2D eigenvalue weighted by Gasteiger charge is -2.19. The number of carbonyl (C=O) groups is 2. The van der Waals surface area contributed by atoms with Crippen LogP contribution >= 0.6 is 0 Å². The van der Waals surface area contributed by atoms with Crippen LogP contribution in [-0.4, -0.2) is 35.9 Å². The Kier molecular flexibility index (Phi) is 6.95. The Balaban J connectivity index is 2.03. The zero-order valence-electron chi connectivity index (χ0n) is 15.7. The van der Waals surface area contributed by atoms with Crippen LogP contribution in [0.15, 0.2) is 48.5 Å². The third-order valence-electron chi connectivity index (χ3n) is 4.09. The molecule has 2 rings (SSSR count). The van der Waals surface area contributed by atoms with Gasteiger partial charge in [-0.3, -0.25) is 9.59 Å². The Hall–Kier alpha value is -3.33. The van der Waals surface area contributed by atoms with Crippen LogP contribution in [0, 0.1) is 11.3 Å². The zero-order valence-corrected chi connectivity index (χ0v) is 15.7. The predicted molar refractivity (Wildman–Crippen MR) is 104 cm³/mol. The molecule has 0 heterocycles. The maximum Gasteiger partial charge on any atom is 0.265 e. The smallest absolute Gasteiger partial charge is 0.265 e. The van der Waals surface area contributed by atoms with Crippen molar-refractivity contribution < 1.29 is 14.3 Å². The molecule has 2 aromatic rings. The summed E-state index contributed by atoms with van der Waals surface area (Å²) in [5.74, 6) is 0.104. The van der Waals surface area contributed by atoms with Crippen LogP contribution < -0.4 is 10.1 Å². The minimum atomic E-state index is -0.736. The topological polar surface area (TPSA) is 82.4 Å². The van der Waals surface area contributed by atoms with E-state index in [0.29, 0.717) is 35.7 Å². The highest BCUT2D eigenvalue weighted by molar-refractivity contribution is 5.98. The fraction of sp³-hybridized carbons (Fsp3) is 0.286. The number of anilines is 1. The largest absolute Gasteiger partial charge is 0.481 e. The average Bonchev–Trinajstić information content (AvgIpc) is 2.69. The molecule has 0 aliphatic heterocycles. The second-order valence-corrected chi connectivity index (χ2v) is 5.94. The van der Waals surface area contributed by atoms with E-state index in [1.54, 1.807) is 60.4 Å². The predicted octanol–water partition coefficient (Wildman–Crippen LogP) is 3.45. The lowest BCUT2D eigenvalue weighted by atomic mass is 10.1. The van der Waals surface area contributed by atoms with Gasteiger partial charge in [0.2, 0.25) is 0 Å². The van der Waals surface area contributed by atoms with Crippen LogP contribution in [0.25, 0.3) is 0 Å². The van der Waals surface area contributed by atoms with Gasteiger partial charge in [0.15, 0.2) is 6.10 Å². The van der Waals surface area contributed by atoms with Crippen molar-refractivity contribution in [3.05, 3.63) is 59.7 Å². The Bertz CT molecular complexity index is 836. The van der Waals surface area contributed by atoms with E-state index in [4.69, 9.17) is 10.00 Å². The maximum atomic E-state index is 12.4. The van der Waals surface area contributed by atoms with Gasteiger partial charge in [-0.05, 0) is 63.2 Å². The molecule has 6 heteroatoms. The van der Waals surface area contributed by atoms with Crippen LogP contribution in [0.2, 0.25) is 0 Å². The number of hydrogen-bond acceptors (Lipinski definition) is 4. The van der Waals surface area contributed by atoms with Crippen molar-refractivity contribution in [1.82, 2.24) is 4.90 Å².